The van der Waals surface area contributed by atoms with Crippen LogP contribution in [0.15, 0.2) is 35.3 Å². The average Bonchev–Trinajstić information content (AvgIpc) is 2.92. The van der Waals surface area contributed by atoms with Gasteiger partial charge < -0.3 is 5.32 Å². The first-order valence-electron chi connectivity index (χ1n) is 7.75. The van der Waals surface area contributed by atoms with Gasteiger partial charge in [-0.1, -0.05) is 55.9 Å². The number of benzene rings is 1. The topological polar surface area (TPSA) is 24.4 Å². The van der Waals surface area contributed by atoms with Crippen LogP contribution in [0.25, 0.3) is 0 Å². The molecular formula is C17H24N2S. The Labute approximate surface area is 126 Å². The molecule has 1 N–H and O–H groups in total. The SMILES string of the molecule is CC1CCC(NC2=NCC(c3ccccc3)S2)CC1C. The van der Waals surface area contributed by atoms with Crippen LogP contribution in [0.3, 0.4) is 0 Å². The molecule has 2 aliphatic rings. The van der Waals surface area contributed by atoms with Gasteiger partial charge in [0.25, 0.3) is 0 Å². The number of nitrogens with zero attached hydrogens (tertiary/aromatic N) is 1. The minimum atomic E-state index is 0.499. The molecule has 1 fully saturated rings. The van der Waals surface area contributed by atoms with E-state index in [9.17, 15) is 0 Å². The van der Waals surface area contributed by atoms with Gasteiger partial charge in [-0.15, -0.1) is 0 Å². The van der Waals surface area contributed by atoms with Crippen LogP contribution in [-0.4, -0.2) is 17.8 Å². The first kappa shape index (κ1) is 14.0. The molecule has 2 nitrogen and oxygen atoms in total. The van der Waals surface area contributed by atoms with E-state index < -0.39 is 0 Å². The van der Waals surface area contributed by atoms with Crippen LogP contribution in [0, 0.1) is 11.8 Å². The second-order valence-electron chi connectivity index (χ2n) is 6.27. The van der Waals surface area contributed by atoms with Crippen molar-refractivity contribution in [3.63, 3.8) is 0 Å². The lowest BCUT2D eigenvalue weighted by molar-refractivity contribution is 0.241. The zero-order valence-corrected chi connectivity index (χ0v) is 13.2. The maximum Gasteiger partial charge on any atom is 0.157 e. The molecule has 0 radical (unpaired) electrons. The number of aliphatic imine (C=N–C) groups is 1. The summed E-state index contributed by atoms with van der Waals surface area (Å²) in [5, 5.41) is 5.34. The number of amidine groups is 1. The quantitative estimate of drug-likeness (QED) is 0.880. The van der Waals surface area contributed by atoms with Crippen molar-refractivity contribution in [3.05, 3.63) is 35.9 Å². The highest BCUT2D eigenvalue weighted by molar-refractivity contribution is 8.14. The van der Waals surface area contributed by atoms with Crippen molar-refractivity contribution in [1.29, 1.82) is 0 Å². The Bertz CT molecular complexity index is 471. The third kappa shape index (κ3) is 3.20. The van der Waals surface area contributed by atoms with E-state index >= 15 is 0 Å². The van der Waals surface area contributed by atoms with Crippen molar-refractivity contribution >= 4 is 16.9 Å². The lowest BCUT2D eigenvalue weighted by Gasteiger charge is -2.32. The highest BCUT2D eigenvalue weighted by Crippen LogP contribution is 2.35. The number of rotatable bonds is 2. The molecule has 0 amide bonds. The fourth-order valence-electron chi connectivity index (χ4n) is 3.15. The lowest BCUT2D eigenvalue weighted by atomic mass is 9.79. The Morgan fingerprint density at radius 1 is 1.10 bits per heavy atom. The number of hydrogen-bond acceptors (Lipinski definition) is 3. The Morgan fingerprint density at radius 2 is 1.90 bits per heavy atom. The van der Waals surface area contributed by atoms with Crippen LogP contribution in [-0.2, 0) is 0 Å². The molecule has 0 aromatic heterocycles. The van der Waals surface area contributed by atoms with Crippen LogP contribution < -0.4 is 5.32 Å². The molecule has 1 aliphatic heterocycles. The molecule has 4 atom stereocenters. The second-order valence-corrected chi connectivity index (χ2v) is 7.46. The standard InChI is InChI=1S/C17H24N2S/c1-12-8-9-15(10-13(12)2)19-17-18-11-16(20-17)14-6-4-3-5-7-14/h3-7,12-13,15-16H,8-11H2,1-2H3,(H,18,19). The zero-order chi connectivity index (χ0) is 13.9. The summed E-state index contributed by atoms with van der Waals surface area (Å²) in [4.78, 5) is 4.70. The Kier molecular flexibility index (Phi) is 4.35. The Balaban J connectivity index is 1.53. The Hall–Kier alpha value is -0.960. The third-order valence-corrected chi connectivity index (χ3v) is 5.93. The van der Waals surface area contributed by atoms with E-state index in [-0.39, 0.29) is 0 Å². The summed E-state index contributed by atoms with van der Waals surface area (Å²) >= 11 is 1.90. The van der Waals surface area contributed by atoms with Crippen LogP contribution >= 0.6 is 11.8 Å². The summed E-state index contributed by atoms with van der Waals surface area (Å²) in [6, 6.07) is 11.4. The second kappa shape index (κ2) is 6.21. The van der Waals surface area contributed by atoms with Crippen LogP contribution in [0.5, 0.6) is 0 Å². The third-order valence-electron chi connectivity index (χ3n) is 4.75. The maximum atomic E-state index is 4.70. The van der Waals surface area contributed by atoms with E-state index in [4.69, 9.17) is 4.99 Å². The van der Waals surface area contributed by atoms with Gasteiger partial charge in [0.2, 0.25) is 0 Å². The predicted octanol–water partition coefficient (Wildman–Crippen LogP) is 4.24. The summed E-state index contributed by atoms with van der Waals surface area (Å²) in [5.41, 5.74) is 1.39. The minimum absolute atomic E-state index is 0.499. The monoisotopic (exact) mass is 288 g/mol. The zero-order valence-electron chi connectivity index (χ0n) is 12.4. The van der Waals surface area contributed by atoms with Crippen molar-refractivity contribution in [2.45, 2.75) is 44.4 Å². The molecule has 1 aliphatic carbocycles. The molecule has 1 heterocycles. The highest BCUT2D eigenvalue weighted by atomic mass is 32.2. The summed E-state index contributed by atoms with van der Waals surface area (Å²) < 4.78 is 0. The van der Waals surface area contributed by atoms with E-state index in [2.05, 4.69) is 49.5 Å². The van der Waals surface area contributed by atoms with Crippen molar-refractivity contribution in [1.82, 2.24) is 5.32 Å². The molecule has 1 aromatic carbocycles. The summed E-state index contributed by atoms with van der Waals surface area (Å²) in [7, 11) is 0. The van der Waals surface area contributed by atoms with Crippen LogP contribution in [0.2, 0.25) is 0 Å². The van der Waals surface area contributed by atoms with Gasteiger partial charge in [-0.2, -0.15) is 0 Å². The van der Waals surface area contributed by atoms with Gasteiger partial charge in [0.15, 0.2) is 5.17 Å². The van der Waals surface area contributed by atoms with E-state index in [0.717, 1.165) is 23.5 Å². The predicted molar refractivity (Wildman–Crippen MR) is 88.2 cm³/mol. The molecule has 1 aromatic rings. The molecule has 20 heavy (non-hydrogen) atoms. The van der Waals surface area contributed by atoms with E-state index in [1.807, 2.05) is 11.8 Å². The summed E-state index contributed by atoms with van der Waals surface area (Å²) in [5.74, 6) is 1.71. The number of nitrogens with one attached hydrogen (secondary N) is 1. The maximum absolute atomic E-state index is 4.70. The van der Waals surface area contributed by atoms with Gasteiger partial charge in [0.1, 0.15) is 0 Å². The first-order chi connectivity index (χ1) is 9.72. The molecule has 3 rings (SSSR count). The van der Waals surface area contributed by atoms with E-state index in [1.54, 1.807) is 0 Å². The van der Waals surface area contributed by atoms with Crippen molar-refractivity contribution in [2.75, 3.05) is 6.54 Å². The molecule has 0 spiro atoms. The van der Waals surface area contributed by atoms with Gasteiger partial charge in [0.05, 0.1) is 11.8 Å². The van der Waals surface area contributed by atoms with Crippen LogP contribution in [0.1, 0.15) is 43.9 Å². The van der Waals surface area contributed by atoms with Gasteiger partial charge >= 0.3 is 0 Å². The van der Waals surface area contributed by atoms with Gasteiger partial charge in [-0.3, -0.25) is 4.99 Å². The van der Waals surface area contributed by atoms with E-state index in [0.29, 0.717) is 11.3 Å². The number of hydrogen-bond donors (Lipinski definition) is 1. The van der Waals surface area contributed by atoms with Gasteiger partial charge in [-0.05, 0) is 36.7 Å². The van der Waals surface area contributed by atoms with Crippen LogP contribution in [0.4, 0.5) is 0 Å². The van der Waals surface area contributed by atoms with Gasteiger partial charge in [-0.25, -0.2) is 0 Å². The molecule has 3 heteroatoms. The van der Waals surface area contributed by atoms with Gasteiger partial charge in [0, 0.05) is 6.04 Å². The molecule has 0 bridgehead atoms. The fourth-order valence-corrected chi connectivity index (χ4v) is 4.24. The highest BCUT2D eigenvalue weighted by Gasteiger charge is 2.27. The summed E-state index contributed by atoms with van der Waals surface area (Å²) in [6.07, 6.45) is 3.93. The molecule has 4 unspecified atom stereocenters. The average molecular weight is 288 g/mol. The lowest BCUT2D eigenvalue weighted by Crippen LogP contribution is -2.38. The molecular weight excluding hydrogens is 264 g/mol. The Morgan fingerprint density at radius 3 is 2.65 bits per heavy atom. The molecule has 1 saturated carbocycles. The molecule has 0 saturated heterocycles. The van der Waals surface area contributed by atoms with Crippen molar-refractivity contribution in [2.24, 2.45) is 16.8 Å². The van der Waals surface area contributed by atoms with E-state index in [1.165, 1.54) is 24.8 Å². The largest absolute Gasteiger partial charge is 0.362 e. The smallest absolute Gasteiger partial charge is 0.157 e. The minimum Gasteiger partial charge on any atom is -0.362 e. The fraction of sp³-hybridized carbons (Fsp3) is 0.588. The summed E-state index contributed by atoms with van der Waals surface area (Å²) in [6.45, 7) is 5.68. The van der Waals surface area contributed by atoms with Crippen molar-refractivity contribution in [3.8, 4) is 0 Å². The van der Waals surface area contributed by atoms with Crippen molar-refractivity contribution < 1.29 is 0 Å². The first-order valence-corrected chi connectivity index (χ1v) is 8.63. The number of thioether (sulfide) groups is 1. The normalized spacial score (nSPS) is 33.8. The molecule has 108 valence electrons.